The standard InChI is InChI=1S/C15H22ClNO/c1-4-7-17-8-5-6-9-18-14-10-12(2)15(16)13(3)11-14/h4,10-11,17H,1,5-9H2,2-3H3. The van der Waals surface area contributed by atoms with Crippen LogP contribution in [0.5, 0.6) is 5.75 Å². The number of hydrogen-bond donors (Lipinski definition) is 1. The lowest BCUT2D eigenvalue weighted by atomic mass is 10.1. The maximum Gasteiger partial charge on any atom is 0.119 e. The van der Waals surface area contributed by atoms with Gasteiger partial charge in [-0.15, -0.1) is 6.58 Å². The second-order valence-electron chi connectivity index (χ2n) is 4.42. The molecule has 2 nitrogen and oxygen atoms in total. The van der Waals surface area contributed by atoms with Crippen molar-refractivity contribution in [3.8, 4) is 5.75 Å². The average molecular weight is 268 g/mol. The van der Waals surface area contributed by atoms with E-state index in [9.17, 15) is 0 Å². The lowest BCUT2D eigenvalue weighted by Gasteiger charge is -2.10. The summed E-state index contributed by atoms with van der Waals surface area (Å²) in [4.78, 5) is 0. The third-order valence-electron chi connectivity index (χ3n) is 2.72. The van der Waals surface area contributed by atoms with Crippen LogP contribution in [0.15, 0.2) is 24.8 Å². The summed E-state index contributed by atoms with van der Waals surface area (Å²) in [6, 6.07) is 3.98. The minimum atomic E-state index is 0.746. The Bertz CT molecular complexity index is 367. The highest BCUT2D eigenvalue weighted by Gasteiger charge is 2.03. The summed E-state index contributed by atoms with van der Waals surface area (Å²) < 4.78 is 5.72. The molecule has 0 aromatic heterocycles. The third kappa shape index (κ3) is 5.11. The summed E-state index contributed by atoms with van der Waals surface area (Å²) in [5.41, 5.74) is 2.14. The molecular formula is C15H22ClNO. The lowest BCUT2D eigenvalue weighted by Crippen LogP contribution is -2.15. The Morgan fingerprint density at radius 2 is 1.94 bits per heavy atom. The SMILES string of the molecule is C=CCNCCCCOc1cc(C)c(Cl)c(C)c1. The first-order chi connectivity index (χ1) is 8.65. The Labute approximate surface area is 115 Å². The molecule has 0 saturated carbocycles. The van der Waals surface area contributed by atoms with Crippen molar-refractivity contribution in [3.05, 3.63) is 40.9 Å². The summed E-state index contributed by atoms with van der Waals surface area (Å²) in [6.45, 7) is 10.3. The van der Waals surface area contributed by atoms with Gasteiger partial charge in [0.05, 0.1) is 6.61 Å². The molecular weight excluding hydrogens is 246 g/mol. The normalized spacial score (nSPS) is 10.4. The zero-order valence-electron chi connectivity index (χ0n) is 11.3. The fourth-order valence-corrected chi connectivity index (χ4v) is 1.84. The van der Waals surface area contributed by atoms with Gasteiger partial charge in [-0.2, -0.15) is 0 Å². The molecule has 0 fully saturated rings. The van der Waals surface area contributed by atoms with Crippen LogP contribution in [0, 0.1) is 13.8 Å². The monoisotopic (exact) mass is 267 g/mol. The second kappa shape index (κ2) is 8.17. The van der Waals surface area contributed by atoms with Gasteiger partial charge in [-0.05, 0) is 56.5 Å². The largest absolute Gasteiger partial charge is 0.494 e. The maximum absolute atomic E-state index is 6.11. The molecule has 100 valence electrons. The quantitative estimate of drug-likeness (QED) is 0.570. The van der Waals surface area contributed by atoms with E-state index in [4.69, 9.17) is 16.3 Å². The van der Waals surface area contributed by atoms with Crippen LogP contribution in [0.2, 0.25) is 5.02 Å². The molecule has 0 heterocycles. The Kier molecular flexibility index (Phi) is 6.84. The van der Waals surface area contributed by atoms with Crippen molar-refractivity contribution in [2.24, 2.45) is 0 Å². The highest BCUT2D eigenvalue weighted by atomic mass is 35.5. The molecule has 0 amide bonds. The van der Waals surface area contributed by atoms with E-state index in [0.717, 1.165) is 54.4 Å². The predicted octanol–water partition coefficient (Wildman–Crippen LogP) is 3.89. The fraction of sp³-hybridized carbons (Fsp3) is 0.467. The molecule has 0 bridgehead atoms. The van der Waals surface area contributed by atoms with E-state index in [-0.39, 0.29) is 0 Å². The number of halogens is 1. The molecule has 0 aliphatic carbocycles. The first-order valence-electron chi connectivity index (χ1n) is 6.36. The minimum absolute atomic E-state index is 0.746. The Morgan fingerprint density at radius 1 is 1.28 bits per heavy atom. The molecule has 0 radical (unpaired) electrons. The maximum atomic E-state index is 6.11. The number of aryl methyl sites for hydroxylation is 2. The molecule has 1 aromatic rings. The van der Waals surface area contributed by atoms with Gasteiger partial charge in [0.1, 0.15) is 5.75 Å². The highest BCUT2D eigenvalue weighted by Crippen LogP contribution is 2.25. The van der Waals surface area contributed by atoms with Crippen LogP contribution in [0.1, 0.15) is 24.0 Å². The summed E-state index contributed by atoms with van der Waals surface area (Å²) in [7, 11) is 0. The minimum Gasteiger partial charge on any atom is -0.494 e. The Hall–Kier alpha value is -0.990. The van der Waals surface area contributed by atoms with Gasteiger partial charge in [-0.3, -0.25) is 0 Å². The van der Waals surface area contributed by atoms with Crippen LogP contribution >= 0.6 is 11.6 Å². The van der Waals surface area contributed by atoms with E-state index in [2.05, 4.69) is 11.9 Å². The molecule has 3 heteroatoms. The zero-order valence-corrected chi connectivity index (χ0v) is 12.0. The highest BCUT2D eigenvalue weighted by molar-refractivity contribution is 6.32. The van der Waals surface area contributed by atoms with E-state index >= 15 is 0 Å². The average Bonchev–Trinajstić information content (AvgIpc) is 2.34. The number of ether oxygens (including phenoxy) is 1. The molecule has 0 unspecified atom stereocenters. The smallest absolute Gasteiger partial charge is 0.119 e. The molecule has 0 aliphatic rings. The summed E-state index contributed by atoms with van der Waals surface area (Å²) >= 11 is 6.11. The van der Waals surface area contributed by atoms with Crippen molar-refractivity contribution in [1.29, 1.82) is 0 Å². The lowest BCUT2D eigenvalue weighted by molar-refractivity contribution is 0.306. The van der Waals surface area contributed by atoms with Crippen molar-refractivity contribution >= 4 is 11.6 Å². The molecule has 1 N–H and O–H groups in total. The van der Waals surface area contributed by atoms with Crippen LogP contribution in [0.3, 0.4) is 0 Å². The van der Waals surface area contributed by atoms with E-state index < -0.39 is 0 Å². The summed E-state index contributed by atoms with van der Waals surface area (Å²) in [6.07, 6.45) is 4.03. The number of hydrogen-bond acceptors (Lipinski definition) is 2. The van der Waals surface area contributed by atoms with Crippen LogP contribution in [-0.2, 0) is 0 Å². The summed E-state index contributed by atoms with van der Waals surface area (Å²) in [5, 5.41) is 4.10. The molecule has 0 aliphatic heterocycles. The van der Waals surface area contributed by atoms with Crippen LogP contribution in [0.4, 0.5) is 0 Å². The predicted molar refractivity (Wildman–Crippen MR) is 78.7 cm³/mol. The van der Waals surface area contributed by atoms with Crippen molar-refractivity contribution in [1.82, 2.24) is 5.32 Å². The van der Waals surface area contributed by atoms with E-state index in [1.807, 2.05) is 32.1 Å². The Balaban J connectivity index is 2.25. The van der Waals surface area contributed by atoms with Gasteiger partial charge in [0.15, 0.2) is 0 Å². The topological polar surface area (TPSA) is 21.3 Å². The van der Waals surface area contributed by atoms with Gasteiger partial charge in [-0.25, -0.2) is 0 Å². The van der Waals surface area contributed by atoms with Crippen molar-refractivity contribution < 1.29 is 4.74 Å². The Morgan fingerprint density at radius 3 is 2.56 bits per heavy atom. The van der Waals surface area contributed by atoms with Gasteiger partial charge in [0.25, 0.3) is 0 Å². The third-order valence-corrected chi connectivity index (χ3v) is 3.31. The van der Waals surface area contributed by atoms with Crippen molar-refractivity contribution in [3.63, 3.8) is 0 Å². The van der Waals surface area contributed by atoms with Crippen LogP contribution in [-0.4, -0.2) is 19.7 Å². The first-order valence-corrected chi connectivity index (χ1v) is 6.74. The van der Waals surface area contributed by atoms with E-state index in [1.54, 1.807) is 0 Å². The zero-order chi connectivity index (χ0) is 13.4. The van der Waals surface area contributed by atoms with Crippen LogP contribution < -0.4 is 10.1 Å². The number of benzene rings is 1. The van der Waals surface area contributed by atoms with Crippen LogP contribution in [0.25, 0.3) is 0 Å². The summed E-state index contributed by atoms with van der Waals surface area (Å²) in [5.74, 6) is 0.911. The van der Waals surface area contributed by atoms with Gasteiger partial charge in [-0.1, -0.05) is 17.7 Å². The van der Waals surface area contributed by atoms with Gasteiger partial charge in [0, 0.05) is 11.6 Å². The number of nitrogens with one attached hydrogen (secondary N) is 1. The second-order valence-corrected chi connectivity index (χ2v) is 4.80. The number of unbranched alkanes of at least 4 members (excludes halogenated alkanes) is 1. The first kappa shape index (κ1) is 15.1. The molecule has 1 aromatic carbocycles. The fourth-order valence-electron chi connectivity index (χ4n) is 1.74. The van der Waals surface area contributed by atoms with Gasteiger partial charge in [0.2, 0.25) is 0 Å². The number of rotatable bonds is 8. The van der Waals surface area contributed by atoms with Gasteiger partial charge >= 0.3 is 0 Å². The molecule has 0 atom stereocenters. The molecule has 0 saturated heterocycles. The van der Waals surface area contributed by atoms with Gasteiger partial charge < -0.3 is 10.1 Å². The van der Waals surface area contributed by atoms with E-state index in [0.29, 0.717) is 0 Å². The molecule has 18 heavy (non-hydrogen) atoms. The van der Waals surface area contributed by atoms with Crippen molar-refractivity contribution in [2.45, 2.75) is 26.7 Å². The van der Waals surface area contributed by atoms with E-state index in [1.165, 1.54) is 0 Å². The molecule has 0 spiro atoms. The molecule has 1 rings (SSSR count). The van der Waals surface area contributed by atoms with Crippen molar-refractivity contribution in [2.75, 3.05) is 19.7 Å².